The average Bonchev–Trinajstić information content (AvgIpc) is 2.95. The van der Waals surface area contributed by atoms with E-state index < -0.39 is 0 Å². The number of hydrogen-bond acceptors (Lipinski definition) is 4. The number of thiophene rings is 1. The highest BCUT2D eigenvalue weighted by atomic mass is 32.1. The highest BCUT2D eigenvalue weighted by molar-refractivity contribution is 7.80. The molecule has 94 valence electrons. The van der Waals surface area contributed by atoms with Crippen molar-refractivity contribution in [3.05, 3.63) is 16.3 Å². The van der Waals surface area contributed by atoms with Gasteiger partial charge in [-0.1, -0.05) is 0 Å². The van der Waals surface area contributed by atoms with Crippen molar-refractivity contribution in [3.63, 3.8) is 0 Å². The second kappa shape index (κ2) is 6.42. The van der Waals surface area contributed by atoms with Gasteiger partial charge in [-0.25, -0.2) is 0 Å². The maximum atomic E-state index is 11.7. The summed E-state index contributed by atoms with van der Waals surface area (Å²) in [5.74, 6) is 0.0247. The molecular weight excluding hydrogens is 252 g/mol. The van der Waals surface area contributed by atoms with Crippen molar-refractivity contribution in [3.8, 4) is 0 Å². The third-order valence-corrected chi connectivity index (χ3v) is 4.31. The van der Waals surface area contributed by atoms with E-state index in [0.29, 0.717) is 0 Å². The summed E-state index contributed by atoms with van der Waals surface area (Å²) in [5, 5.41) is 4.82. The van der Waals surface area contributed by atoms with Crippen molar-refractivity contribution in [1.82, 2.24) is 10.2 Å². The molecule has 0 radical (unpaired) electrons. The summed E-state index contributed by atoms with van der Waals surface area (Å²) in [6, 6.07) is 1.81. The third-order valence-electron chi connectivity index (χ3n) is 2.94. The monoisotopic (exact) mass is 270 g/mol. The summed E-state index contributed by atoms with van der Waals surface area (Å²) in [6.07, 6.45) is 3.68. The van der Waals surface area contributed by atoms with Crippen LogP contribution in [0.5, 0.6) is 0 Å². The predicted molar refractivity (Wildman–Crippen MR) is 74.2 cm³/mol. The molecule has 1 aliphatic rings. The molecule has 5 heteroatoms. The van der Waals surface area contributed by atoms with Gasteiger partial charge >= 0.3 is 0 Å². The number of thiol groups is 1. The molecular formula is C12H18N2OS2. The van der Waals surface area contributed by atoms with Crippen molar-refractivity contribution in [2.45, 2.75) is 24.2 Å². The molecule has 1 aliphatic heterocycles. The number of amides is 1. The molecule has 0 bridgehead atoms. The van der Waals surface area contributed by atoms with Crippen LogP contribution in [-0.4, -0.2) is 37.0 Å². The van der Waals surface area contributed by atoms with E-state index in [2.05, 4.69) is 22.8 Å². The number of likely N-dealkylation sites (tertiary alicyclic amines) is 1. The highest BCUT2D eigenvalue weighted by Crippen LogP contribution is 2.17. The summed E-state index contributed by atoms with van der Waals surface area (Å²) in [5.41, 5.74) is 0. The van der Waals surface area contributed by atoms with E-state index in [-0.39, 0.29) is 5.91 Å². The van der Waals surface area contributed by atoms with Gasteiger partial charge in [-0.15, -0.1) is 24.0 Å². The van der Waals surface area contributed by atoms with Crippen molar-refractivity contribution < 1.29 is 4.79 Å². The molecule has 1 saturated heterocycles. The molecule has 0 atom stereocenters. The molecule has 0 spiro atoms. The lowest BCUT2D eigenvalue weighted by atomic mass is 10.3. The van der Waals surface area contributed by atoms with Gasteiger partial charge in [0, 0.05) is 16.8 Å². The smallest absolute Gasteiger partial charge is 0.261 e. The molecule has 1 aromatic rings. The number of carbonyl (C=O) groups excluding carboxylic acids is 1. The Balaban J connectivity index is 1.63. The molecule has 0 unspecified atom stereocenters. The normalized spacial score (nSPS) is 16.3. The van der Waals surface area contributed by atoms with Crippen LogP contribution in [0.2, 0.25) is 0 Å². The molecule has 0 aliphatic carbocycles. The Kier molecular flexibility index (Phi) is 4.88. The first-order valence-corrected chi connectivity index (χ1v) is 7.36. The molecule has 1 N–H and O–H groups in total. The molecule has 17 heavy (non-hydrogen) atoms. The van der Waals surface area contributed by atoms with E-state index in [1.807, 2.05) is 11.4 Å². The van der Waals surface area contributed by atoms with Crippen molar-refractivity contribution in [2.24, 2.45) is 0 Å². The van der Waals surface area contributed by atoms with Crippen LogP contribution in [0.3, 0.4) is 0 Å². The maximum absolute atomic E-state index is 11.7. The van der Waals surface area contributed by atoms with Gasteiger partial charge in [-0.3, -0.25) is 4.79 Å². The Bertz CT molecular complexity index is 372. The third kappa shape index (κ3) is 4.01. The largest absolute Gasteiger partial charge is 0.351 e. The lowest BCUT2D eigenvalue weighted by molar-refractivity contribution is 0.0956. The van der Waals surface area contributed by atoms with Crippen LogP contribution < -0.4 is 5.32 Å². The van der Waals surface area contributed by atoms with Gasteiger partial charge in [0.1, 0.15) is 0 Å². The highest BCUT2D eigenvalue weighted by Gasteiger charge is 2.11. The molecule has 1 amide bonds. The van der Waals surface area contributed by atoms with Gasteiger partial charge in [-0.05, 0) is 45.0 Å². The van der Waals surface area contributed by atoms with Gasteiger partial charge in [-0.2, -0.15) is 0 Å². The first kappa shape index (κ1) is 12.9. The van der Waals surface area contributed by atoms with E-state index in [4.69, 9.17) is 0 Å². The van der Waals surface area contributed by atoms with E-state index in [1.54, 1.807) is 0 Å². The number of carbonyl (C=O) groups is 1. The Morgan fingerprint density at radius 2 is 2.24 bits per heavy atom. The minimum atomic E-state index is 0.0247. The zero-order valence-corrected chi connectivity index (χ0v) is 11.5. The van der Waals surface area contributed by atoms with Gasteiger partial charge in [0.15, 0.2) is 0 Å². The van der Waals surface area contributed by atoms with Crippen LogP contribution in [0.15, 0.2) is 16.3 Å². The molecule has 0 saturated carbocycles. The van der Waals surface area contributed by atoms with Crippen LogP contribution in [0, 0.1) is 0 Å². The van der Waals surface area contributed by atoms with Gasteiger partial charge in [0.2, 0.25) is 0 Å². The second-order valence-electron chi connectivity index (χ2n) is 4.33. The summed E-state index contributed by atoms with van der Waals surface area (Å²) in [4.78, 5) is 15.8. The molecule has 1 aromatic heterocycles. The lowest BCUT2D eigenvalue weighted by Gasteiger charge is -2.14. The Labute approximate surface area is 112 Å². The number of rotatable bonds is 5. The molecule has 1 fully saturated rings. The van der Waals surface area contributed by atoms with Crippen molar-refractivity contribution in [2.75, 3.05) is 26.2 Å². The molecule has 2 heterocycles. The molecule has 2 rings (SSSR count). The predicted octanol–water partition coefficient (Wildman–Crippen LogP) is 2.25. The van der Waals surface area contributed by atoms with Gasteiger partial charge in [0.05, 0.1) is 4.88 Å². The van der Waals surface area contributed by atoms with E-state index in [0.717, 1.165) is 29.3 Å². The standard InChI is InChI=1S/C12H18N2OS2/c15-12(11-8-10(16)9-17-11)13-4-3-7-14-5-1-2-6-14/h8-9,16H,1-7H2,(H,13,15). The summed E-state index contributed by atoms with van der Waals surface area (Å²) < 4.78 is 0. The molecule has 0 aromatic carbocycles. The quantitative estimate of drug-likeness (QED) is 0.635. The number of nitrogens with zero attached hydrogens (tertiary/aromatic N) is 1. The fourth-order valence-electron chi connectivity index (χ4n) is 2.04. The van der Waals surface area contributed by atoms with Crippen LogP contribution in [0.1, 0.15) is 28.9 Å². The van der Waals surface area contributed by atoms with Crippen LogP contribution >= 0.6 is 24.0 Å². The topological polar surface area (TPSA) is 32.3 Å². The van der Waals surface area contributed by atoms with Crippen LogP contribution in [-0.2, 0) is 0 Å². The summed E-state index contributed by atoms with van der Waals surface area (Å²) in [7, 11) is 0. The van der Waals surface area contributed by atoms with E-state index >= 15 is 0 Å². The minimum absolute atomic E-state index is 0.0247. The lowest BCUT2D eigenvalue weighted by Crippen LogP contribution is -2.28. The summed E-state index contributed by atoms with van der Waals surface area (Å²) in [6.45, 7) is 4.31. The average molecular weight is 270 g/mol. The zero-order chi connectivity index (χ0) is 12.1. The van der Waals surface area contributed by atoms with Crippen LogP contribution in [0.25, 0.3) is 0 Å². The van der Waals surface area contributed by atoms with Gasteiger partial charge < -0.3 is 10.2 Å². The fourth-order valence-corrected chi connectivity index (χ4v) is 3.11. The second-order valence-corrected chi connectivity index (χ2v) is 5.75. The van der Waals surface area contributed by atoms with Gasteiger partial charge in [0.25, 0.3) is 5.91 Å². The SMILES string of the molecule is O=C(NCCCN1CCCC1)c1cc(S)cs1. The van der Waals surface area contributed by atoms with E-state index in [1.165, 1.54) is 37.3 Å². The van der Waals surface area contributed by atoms with Crippen molar-refractivity contribution >= 4 is 29.9 Å². The zero-order valence-electron chi connectivity index (χ0n) is 9.82. The van der Waals surface area contributed by atoms with Crippen molar-refractivity contribution in [1.29, 1.82) is 0 Å². The molecule has 3 nitrogen and oxygen atoms in total. The minimum Gasteiger partial charge on any atom is -0.351 e. The Morgan fingerprint density at radius 1 is 1.47 bits per heavy atom. The summed E-state index contributed by atoms with van der Waals surface area (Å²) >= 11 is 5.63. The number of nitrogens with one attached hydrogen (secondary N) is 1. The van der Waals surface area contributed by atoms with Crippen LogP contribution in [0.4, 0.5) is 0 Å². The van der Waals surface area contributed by atoms with E-state index in [9.17, 15) is 4.79 Å². The Hall–Kier alpha value is -0.520. The first-order valence-electron chi connectivity index (χ1n) is 6.04. The fraction of sp³-hybridized carbons (Fsp3) is 0.583. The maximum Gasteiger partial charge on any atom is 0.261 e. The first-order chi connectivity index (χ1) is 8.25. The Morgan fingerprint density at radius 3 is 2.88 bits per heavy atom. The number of hydrogen-bond donors (Lipinski definition) is 2.